The molecule has 1 N–H and O–H groups in total. The maximum Gasteiger partial charge on any atom is 0.573 e. The summed E-state index contributed by atoms with van der Waals surface area (Å²) in [6.45, 7) is 1.87. The predicted octanol–water partition coefficient (Wildman–Crippen LogP) is 2.35. The smallest absolute Gasteiger partial charge is 0.406 e. The van der Waals surface area contributed by atoms with Crippen molar-refractivity contribution in [2.24, 2.45) is 5.92 Å². The molecule has 0 radical (unpaired) electrons. The molecule has 0 spiro atoms. The maximum absolute atomic E-state index is 12.0. The van der Waals surface area contributed by atoms with Crippen molar-refractivity contribution in [3.8, 4) is 5.75 Å². The molecule has 88 valence electrons. The van der Waals surface area contributed by atoms with Gasteiger partial charge in [-0.25, -0.2) is 0 Å². The molecule has 0 atom stereocenters. The highest BCUT2D eigenvalue weighted by Gasteiger charge is 2.31. The molecule has 0 saturated carbocycles. The number of benzene rings is 1. The quantitative estimate of drug-likeness (QED) is 0.862. The van der Waals surface area contributed by atoms with Crippen LogP contribution in [-0.4, -0.2) is 19.5 Å². The van der Waals surface area contributed by atoms with Crippen LogP contribution in [0.5, 0.6) is 5.75 Å². The lowest BCUT2D eigenvalue weighted by Gasteiger charge is -2.27. The number of nitrogens with one attached hydrogen (secondary N) is 1. The molecular formula is C11H12F3NO. The Kier molecular flexibility index (Phi) is 3.05. The van der Waals surface area contributed by atoms with Crippen LogP contribution in [-0.2, 0) is 6.42 Å². The Hall–Kier alpha value is -1.23. The second-order valence-corrected chi connectivity index (χ2v) is 3.92. The third-order valence-corrected chi connectivity index (χ3v) is 2.52. The Labute approximate surface area is 91.4 Å². The molecule has 1 heterocycles. The van der Waals surface area contributed by atoms with Gasteiger partial charge in [-0.2, -0.15) is 0 Å². The zero-order valence-corrected chi connectivity index (χ0v) is 8.55. The number of halogens is 3. The van der Waals surface area contributed by atoms with E-state index in [0.717, 1.165) is 25.1 Å². The van der Waals surface area contributed by atoms with Crippen LogP contribution in [0.1, 0.15) is 5.56 Å². The van der Waals surface area contributed by atoms with Crippen LogP contribution in [0.4, 0.5) is 13.2 Å². The summed E-state index contributed by atoms with van der Waals surface area (Å²) < 4.78 is 39.8. The first-order valence-electron chi connectivity index (χ1n) is 5.08. The zero-order valence-electron chi connectivity index (χ0n) is 8.55. The average Bonchev–Trinajstić information content (AvgIpc) is 2.09. The van der Waals surface area contributed by atoms with E-state index in [9.17, 15) is 13.2 Å². The van der Waals surface area contributed by atoms with Gasteiger partial charge >= 0.3 is 6.36 Å². The van der Waals surface area contributed by atoms with E-state index in [2.05, 4.69) is 10.1 Å². The van der Waals surface area contributed by atoms with Gasteiger partial charge in [-0.05, 0) is 43.1 Å². The first kappa shape index (κ1) is 11.3. The van der Waals surface area contributed by atoms with Gasteiger partial charge in [0.1, 0.15) is 5.75 Å². The zero-order chi connectivity index (χ0) is 11.6. The average molecular weight is 231 g/mol. The molecule has 1 fully saturated rings. The van der Waals surface area contributed by atoms with E-state index in [1.807, 2.05) is 6.07 Å². The summed E-state index contributed by atoms with van der Waals surface area (Å²) in [6.07, 6.45) is -3.82. The summed E-state index contributed by atoms with van der Waals surface area (Å²) in [5.41, 5.74) is 0.883. The van der Waals surface area contributed by atoms with Crippen molar-refractivity contribution in [2.45, 2.75) is 12.8 Å². The van der Waals surface area contributed by atoms with E-state index in [-0.39, 0.29) is 5.75 Å². The molecule has 0 bridgehead atoms. The molecule has 1 aliphatic heterocycles. The van der Waals surface area contributed by atoms with Gasteiger partial charge in [0.05, 0.1) is 0 Å². The fraction of sp³-hybridized carbons (Fsp3) is 0.455. The van der Waals surface area contributed by atoms with E-state index >= 15 is 0 Å². The van der Waals surface area contributed by atoms with Gasteiger partial charge in [0.15, 0.2) is 0 Å². The lowest BCUT2D eigenvalue weighted by molar-refractivity contribution is -0.274. The van der Waals surface area contributed by atoms with Crippen molar-refractivity contribution >= 4 is 0 Å². The summed E-state index contributed by atoms with van der Waals surface area (Å²) in [7, 11) is 0. The largest absolute Gasteiger partial charge is 0.573 e. The van der Waals surface area contributed by atoms with Crippen molar-refractivity contribution in [1.29, 1.82) is 0 Å². The number of ether oxygens (including phenoxy) is 1. The third-order valence-electron chi connectivity index (χ3n) is 2.52. The topological polar surface area (TPSA) is 21.3 Å². The highest BCUT2D eigenvalue weighted by atomic mass is 19.4. The van der Waals surface area contributed by atoms with E-state index in [0.29, 0.717) is 5.92 Å². The van der Waals surface area contributed by atoms with Crippen LogP contribution >= 0.6 is 0 Å². The fourth-order valence-electron chi connectivity index (χ4n) is 1.70. The van der Waals surface area contributed by atoms with E-state index in [1.54, 1.807) is 6.07 Å². The molecule has 0 aliphatic carbocycles. The molecule has 1 saturated heterocycles. The normalized spacial score (nSPS) is 16.9. The molecule has 0 aromatic heterocycles. The molecule has 2 rings (SSSR count). The Balaban J connectivity index is 2.00. The summed E-state index contributed by atoms with van der Waals surface area (Å²) in [4.78, 5) is 0. The van der Waals surface area contributed by atoms with Gasteiger partial charge in [-0.1, -0.05) is 12.1 Å². The molecule has 0 amide bonds. The van der Waals surface area contributed by atoms with Crippen LogP contribution in [0, 0.1) is 5.92 Å². The van der Waals surface area contributed by atoms with E-state index in [4.69, 9.17) is 0 Å². The molecule has 0 unspecified atom stereocenters. The molecular weight excluding hydrogens is 219 g/mol. The maximum atomic E-state index is 12.0. The number of hydrogen-bond donors (Lipinski definition) is 1. The van der Waals surface area contributed by atoms with E-state index < -0.39 is 6.36 Å². The van der Waals surface area contributed by atoms with Crippen LogP contribution in [0.15, 0.2) is 24.3 Å². The Morgan fingerprint density at radius 1 is 1.31 bits per heavy atom. The van der Waals surface area contributed by atoms with Crippen molar-refractivity contribution < 1.29 is 17.9 Å². The minimum Gasteiger partial charge on any atom is -0.406 e. The van der Waals surface area contributed by atoms with Gasteiger partial charge < -0.3 is 10.1 Å². The summed E-state index contributed by atoms with van der Waals surface area (Å²) >= 11 is 0. The number of rotatable bonds is 3. The van der Waals surface area contributed by atoms with Gasteiger partial charge in [-0.15, -0.1) is 13.2 Å². The third kappa shape index (κ3) is 3.13. The minimum absolute atomic E-state index is 0.141. The Morgan fingerprint density at radius 3 is 2.62 bits per heavy atom. The van der Waals surface area contributed by atoms with Crippen LogP contribution in [0.3, 0.4) is 0 Å². The molecule has 1 aliphatic rings. The van der Waals surface area contributed by atoms with Gasteiger partial charge in [0.25, 0.3) is 0 Å². The van der Waals surface area contributed by atoms with Gasteiger partial charge in [0, 0.05) is 0 Å². The number of alkyl halides is 3. The van der Waals surface area contributed by atoms with Crippen molar-refractivity contribution in [3.63, 3.8) is 0 Å². The summed E-state index contributed by atoms with van der Waals surface area (Å²) in [6, 6.07) is 6.17. The van der Waals surface area contributed by atoms with E-state index in [1.165, 1.54) is 12.1 Å². The molecule has 1 aromatic rings. The lowest BCUT2D eigenvalue weighted by atomic mass is 9.94. The fourth-order valence-corrected chi connectivity index (χ4v) is 1.70. The van der Waals surface area contributed by atoms with Crippen molar-refractivity contribution in [1.82, 2.24) is 5.32 Å². The highest BCUT2D eigenvalue weighted by Crippen LogP contribution is 2.24. The molecule has 16 heavy (non-hydrogen) atoms. The second kappa shape index (κ2) is 4.33. The van der Waals surface area contributed by atoms with Crippen LogP contribution in [0.25, 0.3) is 0 Å². The predicted molar refractivity (Wildman–Crippen MR) is 53.2 cm³/mol. The monoisotopic (exact) mass is 231 g/mol. The van der Waals surface area contributed by atoms with Gasteiger partial charge in [0.2, 0.25) is 0 Å². The highest BCUT2D eigenvalue weighted by molar-refractivity contribution is 5.29. The lowest BCUT2D eigenvalue weighted by Crippen LogP contribution is -2.43. The van der Waals surface area contributed by atoms with Crippen LogP contribution in [0.2, 0.25) is 0 Å². The number of hydrogen-bond acceptors (Lipinski definition) is 2. The Morgan fingerprint density at radius 2 is 2.06 bits per heavy atom. The van der Waals surface area contributed by atoms with Crippen molar-refractivity contribution in [2.75, 3.05) is 13.1 Å². The second-order valence-electron chi connectivity index (χ2n) is 3.92. The van der Waals surface area contributed by atoms with Gasteiger partial charge in [-0.3, -0.25) is 0 Å². The first-order chi connectivity index (χ1) is 7.53. The molecule has 1 aromatic carbocycles. The van der Waals surface area contributed by atoms with Crippen LogP contribution < -0.4 is 10.1 Å². The Bertz CT molecular complexity index is 360. The SMILES string of the molecule is FC(F)(F)Oc1cccc(CC2CNC2)c1. The molecule has 2 nitrogen and oxygen atoms in total. The standard InChI is InChI=1S/C11H12F3NO/c12-11(13,14)16-10-3-1-2-8(5-10)4-9-6-15-7-9/h1-3,5,9,15H,4,6-7H2. The molecule has 5 heteroatoms. The summed E-state index contributed by atoms with van der Waals surface area (Å²) in [5.74, 6) is 0.387. The minimum atomic E-state index is -4.61. The first-order valence-corrected chi connectivity index (χ1v) is 5.08. The van der Waals surface area contributed by atoms with Crippen molar-refractivity contribution in [3.05, 3.63) is 29.8 Å². The summed E-state index contributed by atoms with van der Waals surface area (Å²) in [5, 5.41) is 3.12.